The standard InChI is InChI=1S/C27H46O/c1-7-8-17-27(6)24-16-18-26(5)22(20(4)11-9-10-19(2)3)13-14-23(26)21(24)12-15-25(27)28/h1,19-25,28H,8-18H2,2-6H3/t20-,21?,22?,23?,24?,25-,26-,27-/m1/s1. The molecule has 0 aliphatic heterocycles. The zero-order valence-corrected chi connectivity index (χ0v) is 19.3. The van der Waals surface area contributed by atoms with Crippen molar-refractivity contribution >= 4 is 0 Å². The fourth-order valence-electron chi connectivity index (χ4n) is 8.15. The van der Waals surface area contributed by atoms with E-state index < -0.39 is 0 Å². The van der Waals surface area contributed by atoms with Crippen LogP contribution in [0, 0.1) is 58.7 Å². The Kier molecular flexibility index (Phi) is 6.91. The molecule has 0 saturated heterocycles. The van der Waals surface area contributed by atoms with Crippen LogP contribution < -0.4 is 0 Å². The van der Waals surface area contributed by atoms with E-state index in [9.17, 15) is 5.11 Å². The third-order valence-electron chi connectivity index (χ3n) is 9.83. The highest BCUT2D eigenvalue weighted by molar-refractivity contribution is 5.09. The van der Waals surface area contributed by atoms with Crippen molar-refractivity contribution in [3.05, 3.63) is 0 Å². The predicted molar refractivity (Wildman–Crippen MR) is 120 cm³/mol. The van der Waals surface area contributed by atoms with Gasteiger partial charge < -0.3 is 5.11 Å². The molecule has 0 amide bonds. The Labute approximate surface area is 175 Å². The van der Waals surface area contributed by atoms with E-state index >= 15 is 0 Å². The van der Waals surface area contributed by atoms with E-state index in [1.54, 1.807) is 0 Å². The van der Waals surface area contributed by atoms with Crippen molar-refractivity contribution in [3.63, 3.8) is 0 Å². The molecule has 3 fully saturated rings. The van der Waals surface area contributed by atoms with Gasteiger partial charge in [-0.2, -0.15) is 0 Å². The van der Waals surface area contributed by atoms with Gasteiger partial charge in [-0.1, -0.05) is 53.9 Å². The summed E-state index contributed by atoms with van der Waals surface area (Å²) in [5.74, 6) is 7.84. The van der Waals surface area contributed by atoms with Crippen molar-refractivity contribution < 1.29 is 5.11 Å². The summed E-state index contributed by atoms with van der Waals surface area (Å²) in [6, 6.07) is 0. The number of hydrogen-bond donors (Lipinski definition) is 1. The van der Waals surface area contributed by atoms with Crippen LogP contribution in [0.2, 0.25) is 0 Å². The number of aliphatic hydroxyl groups is 1. The van der Waals surface area contributed by atoms with Gasteiger partial charge in [-0.25, -0.2) is 0 Å². The maximum Gasteiger partial charge on any atom is 0.0597 e. The molecule has 1 heteroatoms. The maximum atomic E-state index is 10.9. The van der Waals surface area contributed by atoms with Crippen LogP contribution >= 0.6 is 0 Å². The summed E-state index contributed by atoms with van der Waals surface area (Å²) in [5, 5.41) is 10.9. The minimum atomic E-state index is -0.154. The molecular formula is C27H46O. The van der Waals surface area contributed by atoms with E-state index in [2.05, 4.69) is 40.5 Å². The molecule has 3 aliphatic rings. The highest BCUT2D eigenvalue weighted by atomic mass is 16.3. The molecule has 8 atom stereocenters. The maximum absolute atomic E-state index is 10.9. The molecule has 0 heterocycles. The van der Waals surface area contributed by atoms with Gasteiger partial charge >= 0.3 is 0 Å². The van der Waals surface area contributed by atoms with Crippen LogP contribution in [0.25, 0.3) is 0 Å². The number of fused-ring (bicyclic) bond motifs is 3. The summed E-state index contributed by atoms with van der Waals surface area (Å²) in [7, 11) is 0. The van der Waals surface area contributed by atoms with Crippen molar-refractivity contribution in [2.75, 3.05) is 0 Å². The molecule has 1 N–H and O–H groups in total. The first-order chi connectivity index (χ1) is 13.2. The van der Waals surface area contributed by atoms with Crippen LogP contribution in [-0.4, -0.2) is 11.2 Å². The van der Waals surface area contributed by atoms with Crippen molar-refractivity contribution in [1.82, 2.24) is 0 Å². The first-order valence-electron chi connectivity index (χ1n) is 12.4. The van der Waals surface area contributed by atoms with Crippen molar-refractivity contribution in [3.8, 4) is 12.3 Å². The van der Waals surface area contributed by atoms with Crippen LogP contribution in [0.5, 0.6) is 0 Å². The molecule has 0 radical (unpaired) electrons. The lowest BCUT2D eigenvalue weighted by Crippen LogP contribution is -2.54. The molecule has 28 heavy (non-hydrogen) atoms. The topological polar surface area (TPSA) is 20.2 Å². The number of rotatable bonds is 7. The highest BCUT2D eigenvalue weighted by Crippen LogP contribution is 2.66. The second-order valence-corrected chi connectivity index (χ2v) is 11.7. The van der Waals surface area contributed by atoms with E-state index in [-0.39, 0.29) is 11.5 Å². The van der Waals surface area contributed by atoms with Crippen LogP contribution in [0.1, 0.15) is 105 Å². The highest BCUT2D eigenvalue weighted by Gasteiger charge is 2.59. The Morgan fingerprint density at radius 2 is 1.75 bits per heavy atom. The molecule has 160 valence electrons. The van der Waals surface area contributed by atoms with Crippen LogP contribution in [-0.2, 0) is 0 Å². The van der Waals surface area contributed by atoms with E-state index in [0.717, 1.165) is 48.9 Å². The second-order valence-electron chi connectivity index (χ2n) is 11.7. The summed E-state index contributed by atoms with van der Waals surface area (Å²) in [6.45, 7) is 12.3. The monoisotopic (exact) mass is 386 g/mol. The number of aliphatic hydroxyl groups excluding tert-OH is 1. The normalized spacial score (nSPS) is 44.0. The molecular weight excluding hydrogens is 340 g/mol. The summed E-state index contributed by atoms with van der Waals surface area (Å²) in [6.07, 6.45) is 19.2. The fourth-order valence-corrected chi connectivity index (χ4v) is 8.15. The van der Waals surface area contributed by atoms with Gasteiger partial charge in [0.15, 0.2) is 0 Å². The predicted octanol–water partition coefficient (Wildman–Crippen LogP) is 7.08. The van der Waals surface area contributed by atoms with Crippen LogP contribution in [0.4, 0.5) is 0 Å². The van der Waals surface area contributed by atoms with E-state index in [1.807, 2.05) is 0 Å². The molecule has 3 saturated carbocycles. The minimum Gasteiger partial charge on any atom is -0.393 e. The summed E-state index contributed by atoms with van der Waals surface area (Å²) >= 11 is 0. The average Bonchev–Trinajstić information content (AvgIpc) is 3.00. The Morgan fingerprint density at radius 3 is 2.43 bits per heavy atom. The lowest BCUT2D eigenvalue weighted by molar-refractivity contribution is -0.132. The lowest BCUT2D eigenvalue weighted by Gasteiger charge is -2.58. The molecule has 0 bridgehead atoms. The lowest BCUT2D eigenvalue weighted by atomic mass is 9.47. The molecule has 3 rings (SSSR count). The fraction of sp³-hybridized carbons (Fsp3) is 0.926. The molecule has 1 nitrogen and oxygen atoms in total. The van der Waals surface area contributed by atoms with Crippen molar-refractivity contribution in [1.29, 1.82) is 0 Å². The quantitative estimate of drug-likeness (QED) is 0.463. The third-order valence-corrected chi connectivity index (χ3v) is 9.83. The smallest absolute Gasteiger partial charge is 0.0597 e. The molecule has 0 aromatic heterocycles. The first kappa shape index (κ1) is 22.2. The van der Waals surface area contributed by atoms with Crippen molar-refractivity contribution in [2.45, 2.75) is 111 Å². The Balaban J connectivity index is 1.72. The summed E-state index contributed by atoms with van der Waals surface area (Å²) in [4.78, 5) is 0. The molecule has 3 aliphatic carbocycles. The van der Waals surface area contributed by atoms with Crippen molar-refractivity contribution in [2.24, 2.45) is 46.3 Å². The van der Waals surface area contributed by atoms with Gasteiger partial charge in [0.2, 0.25) is 0 Å². The van der Waals surface area contributed by atoms with Gasteiger partial charge in [-0.05, 0) is 91.3 Å². The second kappa shape index (κ2) is 8.71. The first-order valence-corrected chi connectivity index (χ1v) is 12.4. The Bertz CT molecular complexity index is 559. The Hall–Kier alpha value is -0.480. The van der Waals surface area contributed by atoms with Gasteiger partial charge in [0.05, 0.1) is 6.10 Å². The van der Waals surface area contributed by atoms with E-state index in [4.69, 9.17) is 6.42 Å². The van der Waals surface area contributed by atoms with Crippen LogP contribution in [0.3, 0.4) is 0 Å². The minimum absolute atomic E-state index is 0.0393. The molecule has 0 spiro atoms. The number of terminal acetylenes is 1. The summed E-state index contributed by atoms with van der Waals surface area (Å²) in [5.41, 5.74) is 0.575. The SMILES string of the molecule is C#CCC[C@]1(C)C2CC[C@@]3(C)C(CCC3[C@H](C)CCCC(C)C)C2CC[C@H]1O. The van der Waals surface area contributed by atoms with Crippen LogP contribution in [0.15, 0.2) is 0 Å². The zero-order chi connectivity index (χ0) is 20.5. The van der Waals surface area contributed by atoms with Gasteiger partial charge in [-0.15, -0.1) is 12.3 Å². The molecule has 0 aromatic carbocycles. The van der Waals surface area contributed by atoms with Gasteiger partial charge in [0.25, 0.3) is 0 Å². The van der Waals surface area contributed by atoms with E-state index in [0.29, 0.717) is 11.3 Å². The summed E-state index contributed by atoms with van der Waals surface area (Å²) < 4.78 is 0. The largest absolute Gasteiger partial charge is 0.393 e. The van der Waals surface area contributed by atoms with E-state index in [1.165, 1.54) is 51.4 Å². The Morgan fingerprint density at radius 1 is 1.00 bits per heavy atom. The zero-order valence-electron chi connectivity index (χ0n) is 19.3. The van der Waals surface area contributed by atoms with Gasteiger partial charge in [0.1, 0.15) is 0 Å². The number of hydrogen-bond acceptors (Lipinski definition) is 1. The molecule has 0 aromatic rings. The van der Waals surface area contributed by atoms with Gasteiger partial charge in [0, 0.05) is 6.42 Å². The van der Waals surface area contributed by atoms with Gasteiger partial charge in [-0.3, -0.25) is 0 Å². The average molecular weight is 387 g/mol. The third kappa shape index (κ3) is 3.93. The molecule has 4 unspecified atom stereocenters.